The summed E-state index contributed by atoms with van der Waals surface area (Å²) in [5.41, 5.74) is 5.63. The van der Waals surface area contributed by atoms with E-state index in [-0.39, 0.29) is 30.2 Å². The molecule has 0 saturated heterocycles. The van der Waals surface area contributed by atoms with Crippen LogP contribution in [0.5, 0.6) is 0 Å². The minimum absolute atomic E-state index is 0.151. The Kier molecular flexibility index (Phi) is 6.72. The number of nitrogens with two attached hydrogens (primary N) is 1. The predicted octanol–water partition coefficient (Wildman–Crippen LogP) is 0.182. The van der Waals surface area contributed by atoms with E-state index in [1.165, 1.54) is 13.0 Å². The molecule has 1 rings (SSSR count). The predicted molar refractivity (Wildman–Crippen MR) is 82.4 cm³/mol. The molecule has 0 saturated carbocycles. The van der Waals surface area contributed by atoms with Crippen LogP contribution in [0.25, 0.3) is 0 Å². The molecule has 0 radical (unpaired) electrons. The highest BCUT2D eigenvalue weighted by molar-refractivity contribution is 6.05. The number of carbonyl (C=O) groups is 4. The summed E-state index contributed by atoms with van der Waals surface area (Å²) in [5, 5.41) is 4.88. The second-order valence-electron chi connectivity index (χ2n) is 4.66. The van der Waals surface area contributed by atoms with Crippen LogP contribution in [0.3, 0.4) is 0 Å². The standard InChI is InChI=1S/C15H19N3O5/c1-3-23-13(20)8-12(14(16)21)18-15(22)10-6-4-5-7-11(10)17-9(2)19/h4-7,12H,3,8H2,1-2H3,(H2,16,21)(H,17,19)(H,18,22)/t12-/m0/s1. The molecule has 8 nitrogen and oxygen atoms in total. The van der Waals surface area contributed by atoms with Gasteiger partial charge in [0.2, 0.25) is 11.8 Å². The Morgan fingerprint density at radius 1 is 1.22 bits per heavy atom. The summed E-state index contributed by atoms with van der Waals surface area (Å²) in [6.07, 6.45) is -0.364. The first-order valence-electron chi connectivity index (χ1n) is 6.97. The van der Waals surface area contributed by atoms with Gasteiger partial charge in [0, 0.05) is 6.92 Å². The molecular formula is C15H19N3O5. The van der Waals surface area contributed by atoms with Gasteiger partial charge in [-0.05, 0) is 19.1 Å². The number of benzene rings is 1. The summed E-state index contributed by atoms with van der Waals surface area (Å²) >= 11 is 0. The number of nitrogens with one attached hydrogen (secondary N) is 2. The maximum absolute atomic E-state index is 12.3. The Bertz CT molecular complexity index is 615. The van der Waals surface area contributed by atoms with Crippen LogP contribution in [0.4, 0.5) is 5.69 Å². The topological polar surface area (TPSA) is 128 Å². The van der Waals surface area contributed by atoms with Crippen LogP contribution in [-0.4, -0.2) is 36.3 Å². The smallest absolute Gasteiger partial charge is 0.308 e. The van der Waals surface area contributed by atoms with Crippen molar-refractivity contribution in [1.29, 1.82) is 0 Å². The minimum atomic E-state index is -1.20. The molecule has 1 aromatic carbocycles. The van der Waals surface area contributed by atoms with Crippen LogP contribution in [-0.2, 0) is 19.1 Å². The van der Waals surface area contributed by atoms with Gasteiger partial charge in [-0.25, -0.2) is 0 Å². The molecule has 0 aliphatic rings. The Hall–Kier alpha value is -2.90. The van der Waals surface area contributed by atoms with Crippen molar-refractivity contribution in [3.05, 3.63) is 29.8 Å². The van der Waals surface area contributed by atoms with Gasteiger partial charge in [0.15, 0.2) is 0 Å². The average molecular weight is 321 g/mol. The molecule has 0 unspecified atom stereocenters. The van der Waals surface area contributed by atoms with Gasteiger partial charge in [0.05, 0.1) is 24.3 Å². The normalized spacial score (nSPS) is 11.2. The van der Waals surface area contributed by atoms with Crippen molar-refractivity contribution < 1.29 is 23.9 Å². The van der Waals surface area contributed by atoms with Crippen LogP contribution in [0.1, 0.15) is 30.6 Å². The number of para-hydroxylation sites is 1. The van der Waals surface area contributed by atoms with Crippen molar-refractivity contribution >= 4 is 29.4 Å². The quantitative estimate of drug-likeness (QED) is 0.617. The van der Waals surface area contributed by atoms with E-state index in [0.29, 0.717) is 0 Å². The van der Waals surface area contributed by atoms with Gasteiger partial charge in [0.25, 0.3) is 5.91 Å². The van der Waals surface area contributed by atoms with E-state index in [0.717, 1.165) is 0 Å². The van der Waals surface area contributed by atoms with Crippen molar-refractivity contribution in [1.82, 2.24) is 5.32 Å². The monoisotopic (exact) mass is 321 g/mol. The highest BCUT2D eigenvalue weighted by Crippen LogP contribution is 2.15. The number of primary amides is 1. The highest BCUT2D eigenvalue weighted by atomic mass is 16.5. The van der Waals surface area contributed by atoms with Gasteiger partial charge < -0.3 is 21.1 Å². The molecule has 1 aromatic rings. The minimum Gasteiger partial charge on any atom is -0.466 e. The number of rotatable bonds is 7. The second-order valence-corrected chi connectivity index (χ2v) is 4.66. The molecule has 0 aliphatic heterocycles. The molecule has 4 N–H and O–H groups in total. The third-order valence-electron chi connectivity index (χ3n) is 2.81. The molecule has 0 aromatic heterocycles. The summed E-state index contributed by atoms with van der Waals surface area (Å²) in [7, 11) is 0. The van der Waals surface area contributed by atoms with Crippen LogP contribution < -0.4 is 16.4 Å². The summed E-state index contributed by atoms with van der Waals surface area (Å²) < 4.78 is 4.73. The van der Waals surface area contributed by atoms with Gasteiger partial charge in [0.1, 0.15) is 6.04 Å². The van der Waals surface area contributed by atoms with Gasteiger partial charge in [-0.2, -0.15) is 0 Å². The zero-order valence-electron chi connectivity index (χ0n) is 12.9. The number of carbonyl (C=O) groups excluding carboxylic acids is 4. The molecule has 8 heteroatoms. The van der Waals surface area contributed by atoms with Crippen molar-refractivity contribution in [3.63, 3.8) is 0 Å². The second kappa shape index (κ2) is 8.52. The summed E-state index contributed by atoms with van der Waals surface area (Å²) in [6, 6.07) is 5.06. The number of anilines is 1. The number of hydrogen-bond acceptors (Lipinski definition) is 5. The molecule has 0 bridgehead atoms. The van der Waals surface area contributed by atoms with Gasteiger partial charge in [-0.1, -0.05) is 12.1 Å². The Balaban J connectivity index is 2.89. The Morgan fingerprint density at radius 2 is 1.87 bits per heavy atom. The first-order valence-corrected chi connectivity index (χ1v) is 6.97. The lowest BCUT2D eigenvalue weighted by molar-refractivity contribution is -0.145. The fraction of sp³-hybridized carbons (Fsp3) is 0.333. The molecule has 0 spiro atoms. The lowest BCUT2D eigenvalue weighted by Crippen LogP contribution is -2.46. The third-order valence-corrected chi connectivity index (χ3v) is 2.81. The van der Waals surface area contributed by atoms with E-state index >= 15 is 0 Å². The van der Waals surface area contributed by atoms with Crippen molar-refractivity contribution in [2.75, 3.05) is 11.9 Å². The number of amides is 3. The molecule has 1 atom stereocenters. The van der Waals surface area contributed by atoms with Crippen LogP contribution >= 0.6 is 0 Å². The van der Waals surface area contributed by atoms with Gasteiger partial charge in [-0.15, -0.1) is 0 Å². The number of esters is 1. The zero-order valence-corrected chi connectivity index (χ0v) is 12.9. The Labute approximate surface area is 133 Å². The SMILES string of the molecule is CCOC(=O)C[C@H](NC(=O)c1ccccc1NC(C)=O)C(N)=O. The maximum atomic E-state index is 12.3. The van der Waals surface area contributed by atoms with Gasteiger partial charge >= 0.3 is 5.97 Å². The summed E-state index contributed by atoms with van der Waals surface area (Å²) in [6.45, 7) is 3.09. The largest absolute Gasteiger partial charge is 0.466 e. The molecule has 124 valence electrons. The van der Waals surface area contributed by atoms with Crippen molar-refractivity contribution in [2.45, 2.75) is 26.3 Å². The lowest BCUT2D eigenvalue weighted by atomic mass is 10.1. The van der Waals surface area contributed by atoms with Crippen LogP contribution in [0, 0.1) is 0 Å². The van der Waals surface area contributed by atoms with Gasteiger partial charge in [-0.3, -0.25) is 19.2 Å². The van der Waals surface area contributed by atoms with E-state index < -0.39 is 23.8 Å². The fourth-order valence-electron chi connectivity index (χ4n) is 1.83. The first kappa shape index (κ1) is 18.1. The first-order chi connectivity index (χ1) is 10.8. The average Bonchev–Trinajstić information content (AvgIpc) is 2.46. The zero-order chi connectivity index (χ0) is 17.4. The molecule has 0 aliphatic carbocycles. The highest BCUT2D eigenvalue weighted by Gasteiger charge is 2.24. The van der Waals surface area contributed by atoms with E-state index in [2.05, 4.69) is 10.6 Å². The molecule has 0 heterocycles. The van der Waals surface area contributed by atoms with Crippen LogP contribution in [0.2, 0.25) is 0 Å². The molecular weight excluding hydrogens is 302 g/mol. The van der Waals surface area contributed by atoms with E-state index in [4.69, 9.17) is 10.5 Å². The van der Waals surface area contributed by atoms with E-state index in [9.17, 15) is 19.2 Å². The molecule has 0 fully saturated rings. The molecule has 23 heavy (non-hydrogen) atoms. The summed E-state index contributed by atoms with van der Waals surface area (Å²) in [4.78, 5) is 46.3. The maximum Gasteiger partial charge on any atom is 0.308 e. The van der Waals surface area contributed by atoms with Crippen molar-refractivity contribution in [2.24, 2.45) is 5.73 Å². The third kappa shape index (κ3) is 5.77. The van der Waals surface area contributed by atoms with Crippen molar-refractivity contribution in [3.8, 4) is 0 Å². The molecule has 3 amide bonds. The number of hydrogen-bond donors (Lipinski definition) is 3. The fourth-order valence-corrected chi connectivity index (χ4v) is 1.83. The van der Waals surface area contributed by atoms with Crippen LogP contribution in [0.15, 0.2) is 24.3 Å². The number of ether oxygens (including phenoxy) is 1. The van der Waals surface area contributed by atoms with E-state index in [1.54, 1.807) is 25.1 Å². The van der Waals surface area contributed by atoms with E-state index in [1.807, 2.05) is 0 Å². The Morgan fingerprint density at radius 3 is 2.43 bits per heavy atom. The lowest BCUT2D eigenvalue weighted by Gasteiger charge is -2.16. The summed E-state index contributed by atoms with van der Waals surface area (Å²) in [5.74, 6) is -2.49.